The van der Waals surface area contributed by atoms with Crippen LogP contribution in [0.4, 0.5) is 5.69 Å². The van der Waals surface area contributed by atoms with Crippen molar-refractivity contribution in [3.63, 3.8) is 0 Å². The number of phenolic OH excluding ortho intramolecular Hbond substituents is 1. The van der Waals surface area contributed by atoms with E-state index in [0.717, 1.165) is 51.0 Å². The molecule has 1 fully saturated rings. The molecule has 8 heteroatoms. The van der Waals surface area contributed by atoms with E-state index in [4.69, 9.17) is 9.47 Å². The molecule has 0 bridgehead atoms. The molecular weight excluding hydrogens is 446 g/mol. The Morgan fingerprint density at radius 1 is 1.03 bits per heavy atom. The van der Waals surface area contributed by atoms with Gasteiger partial charge in [0.25, 0.3) is 5.91 Å². The third-order valence-corrected chi connectivity index (χ3v) is 6.18. The van der Waals surface area contributed by atoms with Crippen molar-refractivity contribution >= 4 is 17.5 Å². The molecule has 0 aliphatic carbocycles. The summed E-state index contributed by atoms with van der Waals surface area (Å²) >= 11 is 0. The molecule has 1 aliphatic rings. The lowest BCUT2D eigenvalue weighted by atomic mass is 10.1. The molecule has 0 saturated carbocycles. The lowest BCUT2D eigenvalue weighted by molar-refractivity contribution is -0.132. The Balaban J connectivity index is 1.47. The highest BCUT2D eigenvalue weighted by Gasteiger charge is 2.18. The van der Waals surface area contributed by atoms with Crippen LogP contribution in [0.15, 0.2) is 36.4 Å². The van der Waals surface area contributed by atoms with E-state index >= 15 is 0 Å². The Hall–Kier alpha value is -3.10. The molecule has 1 aliphatic heterocycles. The fourth-order valence-electron chi connectivity index (χ4n) is 4.00. The summed E-state index contributed by atoms with van der Waals surface area (Å²) in [6, 6.07) is 10.3. The van der Waals surface area contributed by atoms with Crippen LogP contribution in [0.2, 0.25) is 0 Å². The summed E-state index contributed by atoms with van der Waals surface area (Å²) in [6.45, 7) is 6.21. The van der Waals surface area contributed by atoms with E-state index in [1.807, 2.05) is 30.0 Å². The lowest BCUT2D eigenvalue weighted by Crippen LogP contribution is -2.47. The Labute approximate surface area is 207 Å². The number of unbranched alkanes of at least 4 members (excludes halogenated alkanes) is 2. The van der Waals surface area contributed by atoms with Crippen LogP contribution < -0.4 is 10.1 Å². The molecule has 3 rings (SSSR count). The number of nitrogens with zero attached hydrogens (tertiary/aromatic N) is 2. The first-order valence-electron chi connectivity index (χ1n) is 12.2. The number of piperazine rings is 1. The highest BCUT2D eigenvalue weighted by atomic mass is 16.5. The van der Waals surface area contributed by atoms with Crippen molar-refractivity contribution in [1.82, 2.24) is 9.80 Å². The van der Waals surface area contributed by atoms with E-state index < -0.39 is 0 Å². The first kappa shape index (κ1) is 26.5. The van der Waals surface area contributed by atoms with Crippen LogP contribution in [0.25, 0.3) is 0 Å². The molecule has 0 spiro atoms. The number of likely N-dealkylation sites (N-methyl/N-ethyl adjacent to an activating group) is 1. The molecule has 1 saturated heterocycles. The van der Waals surface area contributed by atoms with E-state index in [-0.39, 0.29) is 24.2 Å². The highest BCUT2D eigenvalue weighted by molar-refractivity contribution is 6.05. The molecule has 0 aromatic heterocycles. The van der Waals surface area contributed by atoms with Crippen LogP contribution in [-0.4, -0.2) is 73.7 Å². The van der Waals surface area contributed by atoms with Gasteiger partial charge in [-0.15, -0.1) is 0 Å². The van der Waals surface area contributed by atoms with Gasteiger partial charge in [-0.3, -0.25) is 9.59 Å². The second-order valence-electron chi connectivity index (χ2n) is 9.07. The Morgan fingerprint density at radius 3 is 2.54 bits per heavy atom. The van der Waals surface area contributed by atoms with Gasteiger partial charge >= 0.3 is 0 Å². The third-order valence-electron chi connectivity index (χ3n) is 6.18. The summed E-state index contributed by atoms with van der Waals surface area (Å²) in [7, 11) is 3.62. The molecule has 0 radical (unpaired) electrons. The lowest BCUT2D eigenvalue weighted by Gasteiger charge is -2.32. The molecule has 8 nitrogen and oxygen atoms in total. The summed E-state index contributed by atoms with van der Waals surface area (Å²) in [5.41, 5.74) is 2.59. The maximum absolute atomic E-state index is 12.8. The van der Waals surface area contributed by atoms with Gasteiger partial charge in [-0.2, -0.15) is 0 Å². The van der Waals surface area contributed by atoms with Crippen molar-refractivity contribution in [2.75, 3.05) is 52.3 Å². The average molecular weight is 484 g/mol. The van der Waals surface area contributed by atoms with E-state index in [2.05, 4.69) is 17.3 Å². The fourth-order valence-corrected chi connectivity index (χ4v) is 4.00. The largest absolute Gasteiger partial charge is 0.508 e. The van der Waals surface area contributed by atoms with Gasteiger partial charge in [0.05, 0.1) is 18.9 Å². The molecule has 2 aromatic carbocycles. The van der Waals surface area contributed by atoms with Crippen molar-refractivity contribution < 1.29 is 24.2 Å². The van der Waals surface area contributed by atoms with Crippen LogP contribution in [0.1, 0.15) is 47.2 Å². The van der Waals surface area contributed by atoms with Crippen molar-refractivity contribution in [2.24, 2.45) is 0 Å². The predicted octanol–water partition coefficient (Wildman–Crippen LogP) is 3.81. The van der Waals surface area contributed by atoms with E-state index in [9.17, 15) is 14.7 Å². The van der Waals surface area contributed by atoms with Crippen molar-refractivity contribution in [3.05, 3.63) is 53.1 Å². The standard InChI is InChI=1S/C27H37N3O5/c1-20-8-10-23(28-27(33)21-9-11-24(31)22(18-21)19-34-3)25(17-20)35-16-6-4-5-7-26(32)30-14-12-29(2)13-15-30/h8-11,17-18,31H,4-7,12-16,19H2,1-3H3,(H,28,33). The monoisotopic (exact) mass is 483 g/mol. The number of hydrogen-bond donors (Lipinski definition) is 2. The zero-order chi connectivity index (χ0) is 25.2. The minimum absolute atomic E-state index is 0.0907. The smallest absolute Gasteiger partial charge is 0.255 e. The summed E-state index contributed by atoms with van der Waals surface area (Å²) in [5.74, 6) is 0.653. The maximum atomic E-state index is 12.8. The number of rotatable bonds is 11. The number of aromatic hydroxyl groups is 1. The summed E-state index contributed by atoms with van der Waals surface area (Å²) in [4.78, 5) is 29.4. The minimum atomic E-state index is -0.293. The number of carbonyl (C=O) groups is 2. The highest BCUT2D eigenvalue weighted by Crippen LogP contribution is 2.27. The molecule has 2 amide bonds. The number of ether oxygens (including phenoxy) is 2. The Morgan fingerprint density at radius 2 is 1.80 bits per heavy atom. The molecular formula is C27H37N3O5. The molecule has 2 aromatic rings. The van der Waals surface area contributed by atoms with Crippen molar-refractivity contribution in [2.45, 2.75) is 39.2 Å². The number of benzene rings is 2. The van der Waals surface area contributed by atoms with E-state index in [0.29, 0.717) is 35.6 Å². The van der Waals surface area contributed by atoms with E-state index in [1.165, 1.54) is 13.2 Å². The number of amides is 2. The second-order valence-corrected chi connectivity index (χ2v) is 9.07. The molecule has 1 heterocycles. The average Bonchev–Trinajstić information content (AvgIpc) is 2.84. The number of aryl methyl sites for hydroxylation is 1. The van der Waals surface area contributed by atoms with Gasteiger partial charge in [-0.05, 0) is 69.1 Å². The predicted molar refractivity (Wildman–Crippen MR) is 136 cm³/mol. The summed E-state index contributed by atoms with van der Waals surface area (Å²) < 4.78 is 11.1. The van der Waals surface area contributed by atoms with Gasteiger partial charge in [0.1, 0.15) is 11.5 Å². The van der Waals surface area contributed by atoms with Gasteiger partial charge in [0, 0.05) is 50.8 Å². The minimum Gasteiger partial charge on any atom is -0.508 e. The zero-order valence-electron chi connectivity index (χ0n) is 21.0. The van der Waals surface area contributed by atoms with Gasteiger partial charge in [-0.1, -0.05) is 6.07 Å². The first-order chi connectivity index (χ1) is 16.9. The number of phenols is 1. The fraction of sp³-hybridized carbons (Fsp3) is 0.481. The van der Waals surface area contributed by atoms with Gasteiger partial charge in [0.2, 0.25) is 5.91 Å². The SMILES string of the molecule is COCc1cc(C(=O)Nc2ccc(C)cc2OCCCCCC(=O)N2CCN(C)CC2)ccc1O. The zero-order valence-corrected chi connectivity index (χ0v) is 21.0. The molecule has 190 valence electrons. The summed E-state index contributed by atoms with van der Waals surface area (Å²) in [5, 5.41) is 12.8. The van der Waals surface area contributed by atoms with Crippen molar-refractivity contribution in [3.8, 4) is 11.5 Å². The summed E-state index contributed by atoms with van der Waals surface area (Å²) in [6.07, 6.45) is 3.15. The number of nitrogens with one attached hydrogen (secondary N) is 1. The molecule has 0 unspecified atom stereocenters. The molecule has 35 heavy (non-hydrogen) atoms. The van der Waals surface area contributed by atoms with Crippen molar-refractivity contribution in [1.29, 1.82) is 0 Å². The molecule has 2 N–H and O–H groups in total. The van der Waals surface area contributed by atoms with Gasteiger partial charge < -0.3 is 29.7 Å². The van der Waals surface area contributed by atoms with Crippen LogP contribution in [0.3, 0.4) is 0 Å². The maximum Gasteiger partial charge on any atom is 0.255 e. The number of carbonyl (C=O) groups excluding carboxylic acids is 2. The third kappa shape index (κ3) is 7.97. The normalized spacial score (nSPS) is 14.1. The van der Waals surface area contributed by atoms with Gasteiger partial charge in [-0.25, -0.2) is 0 Å². The number of hydrogen-bond acceptors (Lipinski definition) is 6. The molecule has 0 atom stereocenters. The van der Waals surface area contributed by atoms with Crippen LogP contribution in [-0.2, 0) is 16.1 Å². The first-order valence-corrected chi connectivity index (χ1v) is 12.2. The van der Waals surface area contributed by atoms with Crippen LogP contribution in [0.5, 0.6) is 11.5 Å². The van der Waals surface area contributed by atoms with Crippen LogP contribution in [0, 0.1) is 6.92 Å². The number of anilines is 1. The number of methoxy groups -OCH3 is 1. The Bertz CT molecular complexity index is 1000. The van der Waals surface area contributed by atoms with Gasteiger partial charge in [0.15, 0.2) is 0 Å². The quantitative estimate of drug-likeness (QED) is 0.472. The van der Waals surface area contributed by atoms with E-state index in [1.54, 1.807) is 12.1 Å². The Kier molecular flexibility index (Phi) is 9.93. The van der Waals surface area contributed by atoms with Crippen LogP contribution >= 0.6 is 0 Å². The topological polar surface area (TPSA) is 91.3 Å². The second kappa shape index (κ2) is 13.1.